The fraction of sp³-hybridized carbons (Fsp3) is 0.462. The molecule has 2 atom stereocenters. The average Bonchev–Trinajstić information content (AvgIpc) is 2.78. The van der Waals surface area contributed by atoms with Gasteiger partial charge in [0, 0.05) is 13.0 Å². The first-order valence-electron chi connectivity index (χ1n) is 5.59. The average molecular weight is 203 g/mol. The Balaban J connectivity index is 2.18. The molecule has 0 saturated heterocycles. The lowest BCUT2D eigenvalue weighted by molar-refractivity contribution is -0.124. The number of benzene rings is 1. The summed E-state index contributed by atoms with van der Waals surface area (Å²) in [4.78, 5) is 11.7. The first kappa shape index (κ1) is 10.2. The van der Waals surface area contributed by atoms with Crippen LogP contribution >= 0.6 is 0 Å². The van der Waals surface area contributed by atoms with Crippen LogP contribution in [0.1, 0.15) is 30.7 Å². The maximum absolute atomic E-state index is 11.7. The fourth-order valence-corrected chi connectivity index (χ4v) is 2.56. The van der Waals surface area contributed by atoms with Crippen molar-refractivity contribution in [3.63, 3.8) is 0 Å². The van der Waals surface area contributed by atoms with Crippen molar-refractivity contribution in [3.8, 4) is 0 Å². The van der Waals surface area contributed by atoms with Gasteiger partial charge in [0.1, 0.15) is 0 Å². The van der Waals surface area contributed by atoms with E-state index in [4.69, 9.17) is 0 Å². The van der Waals surface area contributed by atoms with Gasteiger partial charge in [-0.2, -0.15) is 0 Å². The molecule has 15 heavy (non-hydrogen) atoms. The second kappa shape index (κ2) is 4.47. The number of hydrogen-bond donors (Lipinski definition) is 1. The maximum atomic E-state index is 11.7. The van der Waals surface area contributed by atoms with Crippen LogP contribution in [-0.4, -0.2) is 13.0 Å². The summed E-state index contributed by atoms with van der Waals surface area (Å²) in [6, 6.07) is 10.4. The molecular formula is C13H17NO. The van der Waals surface area contributed by atoms with Crippen molar-refractivity contribution in [1.29, 1.82) is 0 Å². The smallest absolute Gasteiger partial charge is 0.223 e. The van der Waals surface area contributed by atoms with Crippen LogP contribution in [0.4, 0.5) is 0 Å². The van der Waals surface area contributed by atoms with Crippen molar-refractivity contribution in [2.24, 2.45) is 5.92 Å². The van der Waals surface area contributed by atoms with Gasteiger partial charge in [-0.3, -0.25) is 4.79 Å². The molecule has 0 heterocycles. The topological polar surface area (TPSA) is 29.1 Å². The van der Waals surface area contributed by atoms with Crippen LogP contribution in [0.25, 0.3) is 0 Å². The van der Waals surface area contributed by atoms with E-state index in [0.29, 0.717) is 5.92 Å². The highest BCUT2D eigenvalue weighted by Gasteiger charge is 2.33. The predicted molar refractivity (Wildman–Crippen MR) is 60.6 cm³/mol. The van der Waals surface area contributed by atoms with E-state index in [2.05, 4.69) is 29.6 Å². The van der Waals surface area contributed by atoms with E-state index in [1.54, 1.807) is 7.05 Å². The monoisotopic (exact) mass is 203 g/mol. The Morgan fingerprint density at radius 1 is 1.27 bits per heavy atom. The summed E-state index contributed by atoms with van der Waals surface area (Å²) in [5, 5.41) is 2.77. The number of hydrogen-bond acceptors (Lipinski definition) is 1. The van der Waals surface area contributed by atoms with E-state index in [-0.39, 0.29) is 11.8 Å². The molecule has 1 amide bonds. The Labute approximate surface area is 90.7 Å². The zero-order valence-electron chi connectivity index (χ0n) is 9.07. The Morgan fingerprint density at radius 3 is 2.67 bits per heavy atom. The van der Waals surface area contributed by atoms with Gasteiger partial charge in [0.25, 0.3) is 0 Å². The lowest BCUT2D eigenvalue weighted by Crippen LogP contribution is -2.28. The van der Waals surface area contributed by atoms with Gasteiger partial charge in [0.05, 0.1) is 0 Å². The number of carbonyl (C=O) groups is 1. The molecule has 0 radical (unpaired) electrons. The lowest BCUT2D eigenvalue weighted by Gasteiger charge is -2.18. The quantitative estimate of drug-likeness (QED) is 0.785. The van der Waals surface area contributed by atoms with Crippen molar-refractivity contribution < 1.29 is 4.79 Å². The molecule has 1 aromatic rings. The van der Waals surface area contributed by atoms with Crippen LogP contribution < -0.4 is 5.32 Å². The molecule has 1 aromatic carbocycles. The summed E-state index contributed by atoms with van der Waals surface area (Å²) in [6.45, 7) is 0. The highest BCUT2D eigenvalue weighted by atomic mass is 16.1. The van der Waals surface area contributed by atoms with Crippen LogP contribution in [0, 0.1) is 5.92 Å². The standard InChI is InChI=1S/C13H17NO/c1-14-13(15)12-9-5-8-11(12)10-6-3-2-4-7-10/h2-4,6-7,11-12H,5,8-9H2,1H3,(H,14,15)/t11-,12-/m1/s1. The number of carbonyl (C=O) groups excluding carboxylic acids is 1. The van der Waals surface area contributed by atoms with Gasteiger partial charge >= 0.3 is 0 Å². The lowest BCUT2D eigenvalue weighted by atomic mass is 9.88. The van der Waals surface area contributed by atoms with E-state index >= 15 is 0 Å². The number of rotatable bonds is 2. The predicted octanol–water partition coefficient (Wildman–Crippen LogP) is 2.32. The number of nitrogens with one attached hydrogen (secondary N) is 1. The number of amides is 1. The van der Waals surface area contributed by atoms with E-state index < -0.39 is 0 Å². The summed E-state index contributed by atoms with van der Waals surface area (Å²) >= 11 is 0. The first-order chi connectivity index (χ1) is 7.33. The van der Waals surface area contributed by atoms with Crippen LogP contribution in [0.3, 0.4) is 0 Å². The zero-order valence-corrected chi connectivity index (χ0v) is 9.07. The molecule has 1 N–H and O–H groups in total. The van der Waals surface area contributed by atoms with Crippen molar-refractivity contribution in [3.05, 3.63) is 35.9 Å². The molecule has 0 unspecified atom stereocenters. The van der Waals surface area contributed by atoms with Crippen molar-refractivity contribution >= 4 is 5.91 Å². The van der Waals surface area contributed by atoms with Crippen LogP contribution in [0.5, 0.6) is 0 Å². The van der Waals surface area contributed by atoms with Crippen molar-refractivity contribution in [2.45, 2.75) is 25.2 Å². The van der Waals surface area contributed by atoms with Gasteiger partial charge in [0.15, 0.2) is 0 Å². The fourth-order valence-electron chi connectivity index (χ4n) is 2.56. The van der Waals surface area contributed by atoms with Crippen LogP contribution in [0.2, 0.25) is 0 Å². The molecule has 1 aliphatic rings. The minimum atomic E-state index is 0.178. The summed E-state index contributed by atoms with van der Waals surface area (Å²) < 4.78 is 0. The second-order valence-electron chi connectivity index (χ2n) is 4.17. The summed E-state index contributed by atoms with van der Waals surface area (Å²) in [7, 11) is 1.72. The summed E-state index contributed by atoms with van der Waals surface area (Å²) in [6.07, 6.45) is 3.33. The summed E-state index contributed by atoms with van der Waals surface area (Å²) in [5.74, 6) is 0.796. The van der Waals surface area contributed by atoms with E-state index in [9.17, 15) is 4.79 Å². The van der Waals surface area contributed by atoms with Crippen molar-refractivity contribution in [2.75, 3.05) is 7.05 Å². The third kappa shape index (κ3) is 2.04. The molecule has 0 aliphatic heterocycles. The minimum absolute atomic E-state index is 0.178. The Kier molecular flexibility index (Phi) is 3.05. The van der Waals surface area contributed by atoms with Crippen LogP contribution in [0.15, 0.2) is 30.3 Å². The van der Waals surface area contributed by atoms with Crippen molar-refractivity contribution in [1.82, 2.24) is 5.32 Å². The van der Waals surface area contributed by atoms with Gasteiger partial charge in [-0.25, -0.2) is 0 Å². The molecule has 1 saturated carbocycles. The van der Waals surface area contributed by atoms with E-state index in [1.807, 2.05) is 6.07 Å². The minimum Gasteiger partial charge on any atom is -0.359 e. The van der Waals surface area contributed by atoms with Gasteiger partial charge in [-0.05, 0) is 24.3 Å². The molecule has 80 valence electrons. The second-order valence-corrected chi connectivity index (χ2v) is 4.17. The summed E-state index contributed by atoms with van der Waals surface area (Å²) in [5.41, 5.74) is 1.31. The molecule has 2 heteroatoms. The Hall–Kier alpha value is -1.31. The maximum Gasteiger partial charge on any atom is 0.223 e. The molecule has 2 rings (SSSR count). The van der Waals surface area contributed by atoms with Gasteiger partial charge in [0.2, 0.25) is 5.91 Å². The SMILES string of the molecule is CNC(=O)[C@@H]1CCC[C@@H]1c1ccccc1. The molecule has 1 aliphatic carbocycles. The molecule has 1 fully saturated rings. The largest absolute Gasteiger partial charge is 0.359 e. The van der Waals surface area contributed by atoms with Gasteiger partial charge in [-0.15, -0.1) is 0 Å². The van der Waals surface area contributed by atoms with Gasteiger partial charge in [-0.1, -0.05) is 36.8 Å². The first-order valence-corrected chi connectivity index (χ1v) is 5.59. The molecule has 0 bridgehead atoms. The van der Waals surface area contributed by atoms with E-state index in [1.165, 1.54) is 5.56 Å². The third-order valence-electron chi connectivity index (χ3n) is 3.33. The molecular weight excluding hydrogens is 186 g/mol. The zero-order chi connectivity index (χ0) is 10.7. The van der Waals surface area contributed by atoms with Crippen LogP contribution in [-0.2, 0) is 4.79 Å². The third-order valence-corrected chi connectivity index (χ3v) is 3.33. The Bertz CT molecular complexity index is 334. The van der Waals surface area contributed by atoms with Gasteiger partial charge < -0.3 is 5.32 Å². The van der Waals surface area contributed by atoms with E-state index in [0.717, 1.165) is 19.3 Å². The molecule has 0 spiro atoms. The molecule has 0 aromatic heterocycles. The highest BCUT2D eigenvalue weighted by molar-refractivity contribution is 5.79. The highest BCUT2D eigenvalue weighted by Crippen LogP contribution is 2.39. The molecule has 2 nitrogen and oxygen atoms in total. The Morgan fingerprint density at radius 2 is 2.00 bits per heavy atom. The normalized spacial score (nSPS) is 25.1.